The van der Waals surface area contributed by atoms with Crippen molar-refractivity contribution in [2.24, 2.45) is 5.92 Å². The summed E-state index contributed by atoms with van der Waals surface area (Å²) in [4.78, 5) is 23.6. The number of carbonyl (C=O) groups is 1. The largest absolute Gasteiger partial charge is 0.472 e. The Labute approximate surface area is 153 Å². The summed E-state index contributed by atoms with van der Waals surface area (Å²) in [6.45, 7) is 4.74. The van der Waals surface area contributed by atoms with Crippen LogP contribution in [0.4, 0.5) is 0 Å². The number of furan rings is 1. The Kier molecular flexibility index (Phi) is 5.02. The van der Waals surface area contributed by atoms with E-state index in [9.17, 15) is 4.79 Å². The fraction of sp³-hybridized carbons (Fsp3) is 0.550. The number of hydrogen-bond donors (Lipinski definition) is 0. The number of piperidine rings is 1. The molecule has 0 N–H and O–H groups in total. The molecule has 1 aliphatic carbocycles. The molecule has 1 saturated heterocycles. The van der Waals surface area contributed by atoms with E-state index < -0.39 is 0 Å². The highest BCUT2D eigenvalue weighted by molar-refractivity contribution is 5.93. The number of ether oxygens (including phenoxy) is 1. The number of carbonyl (C=O) groups excluding carboxylic acids is 1. The number of likely N-dealkylation sites (tertiary alicyclic amines) is 1. The fourth-order valence-corrected chi connectivity index (χ4v) is 3.55. The van der Waals surface area contributed by atoms with Gasteiger partial charge in [-0.1, -0.05) is 0 Å². The monoisotopic (exact) mass is 355 g/mol. The fourth-order valence-electron chi connectivity index (χ4n) is 3.55. The number of hydrogen-bond acceptors (Lipinski definition) is 5. The van der Waals surface area contributed by atoms with Gasteiger partial charge >= 0.3 is 0 Å². The Morgan fingerprint density at radius 2 is 2.27 bits per heavy atom. The minimum atomic E-state index is 0.0285. The predicted molar refractivity (Wildman–Crippen MR) is 95.7 cm³/mol. The van der Waals surface area contributed by atoms with Crippen molar-refractivity contribution in [3.05, 3.63) is 47.4 Å². The number of aryl methyl sites for hydroxylation is 1. The first-order valence-electron chi connectivity index (χ1n) is 9.42. The van der Waals surface area contributed by atoms with Gasteiger partial charge in [0.1, 0.15) is 12.1 Å². The van der Waals surface area contributed by atoms with E-state index in [2.05, 4.69) is 4.98 Å². The summed E-state index contributed by atoms with van der Waals surface area (Å²) in [6.07, 6.45) is 9.51. The van der Waals surface area contributed by atoms with E-state index in [1.807, 2.05) is 18.0 Å². The molecular formula is C20H25N3O3. The molecule has 1 atom stereocenters. The lowest BCUT2D eigenvalue weighted by atomic mass is 9.91. The minimum Gasteiger partial charge on any atom is -0.472 e. The van der Waals surface area contributed by atoms with Crippen molar-refractivity contribution in [2.45, 2.75) is 45.1 Å². The molecule has 0 aromatic carbocycles. The smallest absolute Gasteiger partial charge is 0.257 e. The van der Waals surface area contributed by atoms with Gasteiger partial charge in [0.05, 0.1) is 24.1 Å². The summed E-state index contributed by atoms with van der Waals surface area (Å²) in [7, 11) is 0. The minimum absolute atomic E-state index is 0.0285. The van der Waals surface area contributed by atoms with Crippen LogP contribution in [0, 0.1) is 12.8 Å². The normalized spacial score (nSPS) is 20.3. The average molecular weight is 355 g/mol. The second-order valence-electron chi connectivity index (χ2n) is 7.39. The summed E-state index contributed by atoms with van der Waals surface area (Å²) in [5.74, 6) is 1.76. The summed E-state index contributed by atoms with van der Waals surface area (Å²) in [6, 6.07) is 1.72. The lowest BCUT2D eigenvalue weighted by molar-refractivity contribution is 0.0702. The van der Waals surface area contributed by atoms with Crippen molar-refractivity contribution >= 4 is 5.91 Å². The predicted octanol–water partition coefficient (Wildman–Crippen LogP) is 3.32. The molecule has 1 unspecified atom stereocenters. The van der Waals surface area contributed by atoms with Crippen LogP contribution in [-0.2, 0) is 11.3 Å². The number of rotatable bonds is 6. The maximum atomic E-state index is 12.7. The van der Waals surface area contributed by atoms with Crippen molar-refractivity contribution in [1.29, 1.82) is 0 Å². The van der Waals surface area contributed by atoms with E-state index in [0.717, 1.165) is 49.0 Å². The first kappa shape index (κ1) is 17.2. The van der Waals surface area contributed by atoms with Crippen molar-refractivity contribution in [3.63, 3.8) is 0 Å². The van der Waals surface area contributed by atoms with Crippen molar-refractivity contribution < 1.29 is 13.9 Å². The highest BCUT2D eigenvalue weighted by Crippen LogP contribution is 2.31. The van der Waals surface area contributed by atoms with Crippen LogP contribution in [0.2, 0.25) is 0 Å². The Balaban J connectivity index is 1.48. The zero-order valence-corrected chi connectivity index (χ0v) is 15.2. The third kappa shape index (κ3) is 3.96. The molecule has 2 aromatic rings. The Morgan fingerprint density at radius 1 is 1.38 bits per heavy atom. The molecule has 3 heterocycles. The summed E-state index contributed by atoms with van der Waals surface area (Å²) >= 11 is 0. The van der Waals surface area contributed by atoms with Gasteiger partial charge in [-0.05, 0) is 44.6 Å². The molecule has 0 radical (unpaired) electrons. The molecule has 1 amide bonds. The maximum absolute atomic E-state index is 12.7. The third-order valence-corrected chi connectivity index (χ3v) is 5.19. The van der Waals surface area contributed by atoms with Gasteiger partial charge in [-0.3, -0.25) is 4.79 Å². The van der Waals surface area contributed by atoms with Gasteiger partial charge in [0.25, 0.3) is 5.91 Å². The molecule has 6 nitrogen and oxygen atoms in total. The highest BCUT2D eigenvalue weighted by Gasteiger charge is 2.29. The molecule has 2 aliphatic rings. The van der Waals surface area contributed by atoms with Gasteiger partial charge in [0, 0.05) is 37.4 Å². The van der Waals surface area contributed by atoms with E-state index in [1.165, 1.54) is 25.4 Å². The Bertz CT molecular complexity index is 756. The molecule has 6 heteroatoms. The van der Waals surface area contributed by atoms with Crippen LogP contribution >= 0.6 is 0 Å². The van der Waals surface area contributed by atoms with Crippen molar-refractivity contribution in [3.8, 4) is 0 Å². The first-order chi connectivity index (χ1) is 12.7. The molecule has 138 valence electrons. The average Bonchev–Trinajstić information content (AvgIpc) is 3.32. The topological polar surface area (TPSA) is 68.5 Å². The second-order valence-corrected chi connectivity index (χ2v) is 7.39. The molecular weight excluding hydrogens is 330 g/mol. The van der Waals surface area contributed by atoms with Crippen LogP contribution in [-0.4, -0.2) is 40.5 Å². The lowest BCUT2D eigenvalue weighted by Gasteiger charge is -2.33. The molecule has 4 rings (SSSR count). The molecule has 2 fully saturated rings. The van der Waals surface area contributed by atoms with E-state index in [1.54, 1.807) is 6.07 Å². The van der Waals surface area contributed by atoms with Crippen LogP contribution in [0.25, 0.3) is 0 Å². The summed E-state index contributed by atoms with van der Waals surface area (Å²) in [5.41, 5.74) is 2.70. The van der Waals surface area contributed by atoms with E-state index in [0.29, 0.717) is 18.7 Å². The molecule has 1 saturated carbocycles. The first-order valence-corrected chi connectivity index (χ1v) is 9.42. The second kappa shape index (κ2) is 7.58. The Hall–Kier alpha value is -2.21. The summed E-state index contributed by atoms with van der Waals surface area (Å²) < 4.78 is 10.9. The summed E-state index contributed by atoms with van der Waals surface area (Å²) in [5, 5.41) is 0. The molecule has 26 heavy (non-hydrogen) atoms. The van der Waals surface area contributed by atoms with E-state index >= 15 is 0 Å². The van der Waals surface area contributed by atoms with E-state index in [4.69, 9.17) is 14.1 Å². The third-order valence-electron chi connectivity index (χ3n) is 5.19. The SMILES string of the molecule is Cc1ncc(COCC2CC2)c(C2CCCN(C(=O)c3ccoc3)C2)n1. The molecule has 2 aromatic heterocycles. The van der Waals surface area contributed by atoms with Crippen molar-refractivity contribution in [2.75, 3.05) is 19.7 Å². The van der Waals surface area contributed by atoms with Crippen LogP contribution in [0.15, 0.2) is 29.2 Å². The number of aromatic nitrogens is 2. The van der Waals surface area contributed by atoms with Gasteiger partial charge in [-0.25, -0.2) is 9.97 Å². The lowest BCUT2D eigenvalue weighted by Crippen LogP contribution is -2.39. The van der Waals surface area contributed by atoms with E-state index in [-0.39, 0.29) is 11.8 Å². The molecule has 1 aliphatic heterocycles. The van der Waals surface area contributed by atoms with Crippen molar-refractivity contribution in [1.82, 2.24) is 14.9 Å². The molecule has 0 spiro atoms. The standard InChI is InChI=1S/C20H25N3O3/c1-14-21-9-18(13-26-11-15-4-5-15)19(22-14)16-3-2-7-23(10-16)20(24)17-6-8-25-12-17/h6,8-9,12,15-16H,2-5,7,10-11,13H2,1H3. The van der Waals surface area contributed by atoms with Crippen LogP contribution < -0.4 is 0 Å². The van der Waals surface area contributed by atoms with Gasteiger partial charge in [0.2, 0.25) is 0 Å². The van der Waals surface area contributed by atoms with Gasteiger partial charge in [0.15, 0.2) is 0 Å². The highest BCUT2D eigenvalue weighted by atomic mass is 16.5. The number of amides is 1. The maximum Gasteiger partial charge on any atom is 0.257 e. The van der Waals surface area contributed by atoms with Crippen LogP contribution in [0.1, 0.15) is 59.0 Å². The zero-order valence-electron chi connectivity index (χ0n) is 15.2. The van der Waals surface area contributed by atoms with Gasteiger partial charge in [-0.2, -0.15) is 0 Å². The van der Waals surface area contributed by atoms with Crippen LogP contribution in [0.5, 0.6) is 0 Å². The van der Waals surface area contributed by atoms with Gasteiger partial charge < -0.3 is 14.1 Å². The zero-order chi connectivity index (χ0) is 17.9. The van der Waals surface area contributed by atoms with Crippen LogP contribution in [0.3, 0.4) is 0 Å². The Morgan fingerprint density at radius 3 is 3.04 bits per heavy atom. The number of nitrogens with zero attached hydrogens (tertiary/aromatic N) is 3. The van der Waals surface area contributed by atoms with Gasteiger partial charge in [-0.15, -0.1) is 0 Å². The quantitative estimate of drug-likeness (QED) is 0.795. The molecule has 0 bridgehead atoms.